The fourth-order valence-corrected chi connectivity index (χ4v) is 3.27. The second kappa shape index (κ2) is 8.54. The molecule has 0 bridgehead atoms. The number of aromatic nitrogens is 1. The van der Waals surface area contributed by atoms with E-state index in [2.05, 4.69) is 21.7 Å². The summed E-state index contributed by atoms with van der Waals surface area (Å²) in [5.74, 6) is -0.553. The first-order valence-corrected chi connectivity index (χ1v) is 9.28. The summed E-state index contributed by atoms with van der Waals surface area (Å²) >= 11 is 0. The molecule has 0 unspecified atom stereocenters. The molecule has 0 saturated heterocycles. The van der Waals surface area contributed by atoms with Gasteiger partial charge in [-0.25, -0.2) is 0 Å². The standard InChI is InChI=1S/C22H25N3O2/c1-3-16-8-6-7-15(2)22(16)25-21(27)13-20(26)23-12-11-17-14-24-19-10-5-4-9-18(17)19/h4-10,14,24H,3,11-13H2,1-2H3,(H,23,26)(H,25,27). The highest BCUT2D eigenvalue weighted by atomic mass is 16.2. The minimum atomic E-state index is -0.288. The molecule has 1 aromatic heterocycles. The summed E-state index contributed by atoms with van der Waals surface area (Å²) in [5, 5.41) is 6.88. The normalized spacial score (nSPS) is 10.7. The smallest absolute Gasteiger partial charge is 0.233 e. The third-order valence-electron chi connectivity index (χ3n) is 4.72. The Hall–Kier alpha value is -3.08. The van der Waals surface area contributed by atoms with Crippen LogP contribution in [0.5, 0.6) is 0 Å². The first kappa shape index (κ1) is 18.7. The van der Waals surface area contributed by atoms with Gasteiger partial charge in [-0.15, -0.1) is 0 Å². The van der Waals surface area contributed by atoms with E-state index >= 15 is 0 Å². The molecular formula is C22H25N3O2. The zero-order chi connectivity index (χ0) is 19.2. The summed E-state index contributed by atoms with van der Waals surface area (Å²) in [7, 11) is 0. The van der Waals surface area contributed by atoms with Crippen molar-refractivity contribution in [1.82, 2.24) is 10.3 Å². The largest absolute Gasteiger partial charge is 0.361 e. The Morgan fingerprint density at radius 1 is 1.00 bits per heavy atom. The maximum absolute atomic E-state index is 12.2. The van der Waals surface area contributed by atoms with E-state index in [1.807, 2.05) is 56.4 Å². The fraction of sp³-hybridized carbons (Fsp3) is 0.273. The lowest BCUT2D eigenvalue weighted by molar-refractivity contribution is -0.126. The van der Waals surface area contributed by atoms with Crippen molar-refractivity contribution in [2.24, 2.45) is 0 Å². The molecule has 3 N–H and O–H groups in total. The van der Waals surface area contributed by atoms with E-state index in [1.54, 1.807) is 0 Å². The van der Waals surface area contributed by atoms with Crippen molar-refractivity contribution in [1.29, 1.82) is 0 Å². The molecule has 27 heavy (non-hydrogen) atoms. The minimum absolute atomic E-state index is 0.175. The van der Waals surface area contributed by atoms with Crippen LogP contribution in [0.15, 0.2) is 48.7 Å². The maximum Gasteiger partial charge on any atom is 0.233 e. The molecule has 0 aliphatic carbocycles. The van der Waals surface area contributed by atoms with Crippen LogP contribution in [0.4, 0.5) is 5.69 Å². The van der Waals surface area contributed by atoms with Gasteiger partial charge >= 0.3 is 0 Å². The Kier molecular flexibility index (Phi) is 5.91. The number of carbonyl (C=O) groups excluding carboxylic acids is 2. The van der Waals surface area contributed by atoms with Gasteiger partial charge in [0.25, 0.3) is 0 Å². The quantitative estimate of drug-likeness (QED) is 0.560. The molecule has 5 heteroatoms. The number of para-hydroxylation sites is 2. The van der Waals surface area contributed by atoms with Gasteiger partial charge in [0, 0.05) is 29.3 Å². The van der Waals surface area contributed by atoms with Crippen LogP contribution < -0.4 is 10.6 Å². The number of amides is 2. The number of carbonyl (C=O) groups is 2. The first-order valence-electron chi connectivity index (χ1n) is 9.28. The molecule has 0 radical (unpaired) electrons. The van der Waals surface area contributed by atoms with Gasteiger partial charge in [0.15, 0.2) is 0 Å². The van der Waals surface area contributed by atoms with Crippen molar-refractivity contribution in [2.75, 3.05) is 11.9 Å². The molecular weight excluding hydrogens is 338 g/mol. The zero-order valence-electron chi connectivity index (χ0n) is 15.8. The van der Waals surface area contributed by atoms with Crippen molar-refractivity contribution >= 4 is 28.4 Å². The molecule has 2 aromatic carbocycles. The summed E-state index contributed by atoms with van der Waals surface area (Å²) in [6.45, 7) is 4.50. The van der Waals surface area contributed by atoms with Crippen LogP contribution in [0.1, 0.15) is 30.0 Å². The number of nitrogens with one attached hydrogen (secondary N) is 3. The Morgan fingerprint density at radius 2 is 1.81 bits per heavy atom. The number of fused-ring (bicyclic) bond motifs is 1. The van der Waals surface area contributed by atoms with E-state index in [4.69, 9.17) is 0 Å². The summed E-state index contributed by atoms with van der Waals surface area (Å²) in [4.78, 5) is 27.6. The Labute approximate surface area is 159 Å². The minimum Gasteiger partial charge on any atom is -0.361 e. The first-order chi connectivity index (χ1) is 13.1. The van der Waals surface area contributed by atoms with Gasteiger partial charge in [0.2, 0.25) is 11.8 Å². The third kappa shape index (κ3) is 4.56. The fourth-order valence-electron chi connectivity index (χ4n) is 3.27. The van der Waals surface area contributed by atoms with Crippen LogP contribution in [0.2, 0.25) is 0 Å². The summed E-state index contributed by atoms with van der Waals surface area (Å²) < 4.78 is 0. The zero-order valence-corrected chi connectivity index (χ0v) is 15.8. The molecule has 0 saturated carbocycles. The molecule has 3 rings (SSSR count). The highest BCUT2D eigenvalue weighted by Gasteiger charge is 2.13. The number of hydrogen-bond acceptors (Lipinski definition) is 2. The number of rotatable bonds is 7. The van der Waals surface area contributed by atoms with Gasteiger partial charge in [-0.3, -0.25) is 9.59 Å². The van der Waals surface area contributed by atoms with Crippen LogP contribution in [0.3, 0.4) is 0 Å². The van der Waals surface area contributed by atoms with Gasteiger partial charge in [-0.05, 0) is 42.5 Å². The van der Waals surface area contributed by atoms with E-state index in [1.165, 1.54) is 0 Å². The molecule has 3 aromatic rings. The average Bonchev–Trinajstić information content (AvgIpc) is 3.06. The molecule has 1 heterocycles. The lowest BCUT2D eigenvalue weighted by Gasteiger charge is -2.13. The van der Waals surface area contributed by atoms with E-state index in [-0.39, 0.29) is 18.2 Å². The van der Waals surface area contributed by atoms with Crippen LogP contribution in [-0.4, -0.2) is 23.3 Å². The summed E-state index contributed by atoms with van der Waals surface area (Å²) in [5.41, 5.74) is 5.13. The molecule has 2 amide bonds. The van der Waals surface area contributed by atoms with Crippen molar-refractivity contribution < 1.29 is 9.59 Å². The average molecular weight is 363 g/mol. The molecule has 0 aliphatic rings. The molecule has 0 spiro atoms. The van der Waals surface area contributed by atoms with E-state index in [0.717, 1.165) is 46.1 Å². The highest BCUT2D eigenvalue weighted by molar-refractivity contribution is 6.04. The highest BCUT2D eigenvalue weighted by Crippen LogP contribution is 2.21. The van der Waals surface area contributed by atoms with Crippen molar-refractivity contribution in [2.45, 2.75) is 33.1 Å². The van der Waals surface area contributed by atoms with Crippen LogP contribution in [0, 0.1) is 6.92 Å². The van der Waals surface area contributed by atoms with Gasteiger partial charge in [0.1, 0.15) is 6.42 Å². The van der Waals surface area contributed by atoms with Crippen LogP contribution >= 0.6 is 0 Å². The van der Waals surface area contributed by atoms with Crippen molar-refractivity contribution in [3.05, 3.63) is 65.4 Å². The summed E-state index contributed by atoms with van der Waals surface area (Å²) in [6.07, 6.45) is 3.34. The lowest BCUT2D eigenvalue weighted by Crippen LogP contribution is -2.30. The summed E-state index contributed by atoms with van der Waals surface area (Å²) in [6, 6.07) is 14.0. The molecule has 0 atom stereocenters. The lowest BCUT2D eigenvalue weighted by atomic mass is 10.1. The second-order valence-electron chi connectivity index (χ2n) is 6.65. The van der Waals surface area contributed by atoms with Gasteiger partial charge < -0.3 is 15.6 Å². The second-order valence-corrected chi connectivity index (χ2v) is 6.65. The number of anilines is 1. The van der Waals surface area contributed by atoms with E-state index in [9.17, 15) is 9.59 Å². The molecule has 0 fully saturated rings. The number of aromatic amines is 1. The van der Waals surface area contributed by atoms with E-state index in [0.29, 0.717) is 6.54 Å². The van der Waals surface area contributed by atoms with Gasteiger partial charge in [0.05, 0.1) is 0 Å². The number of hydrogen-bond donors (Lipinski definition) is 3. The predicted molar refractivity (Wildman–Crippen MR) is 109 cm³/mol. The Morgan fingerprint density at radius 3 is 2.63 bits per heavy atom. The monoisotopic (exact) mass is 363 g/mol. The van der Waals surface area contributed by atoms with E-state index < -0.39 is 0 Å². The van der Waals surface area contributed by atoms with Crippen LogP contribution in [0.25, 0.3) is 10.9 Å². The molecule has 0 aliphatic heterocycles. The molecule has 140 valence electrons. The molecule has 5 nitrogen and oxygen atoms in total. The Bertz CT molecular complexity index is 959. The van der Waals surface area contributed by atoms with Gasteiger partial charge in [-0.1, -0.05) is 43.3 Å². The Balaban J connectivity index is 1.50. The van der Waals surface area contributed by atoms with Crippen LogP contribution in [-0.2, 0) is 22.4 Å². The number of benzene rings is 2. The predicted octanol–water partition coefficient (Wildman–Crippen LogP) is 3.73. The van der Waals surface area contributed by atoms with Gasteiger partial charge in [-0.2, -0.15) is 0 Å². The van der Waals surface area contributed by atoms with Crippen molar-refractivity contribution in [3.8, 4) is 0 Å². The maximum atomic E-state index is 12.2. The number of aryl methyl sites for hydroxylation is 2. The third-order valence-corrected chi connectivity index (χ3v) is 4.72. The SMILES string of the molecule is CCc1cccc(C)c1NC(=O)CC(=O)NCCc1c[nH]c2ccccc12. The number of H-pyrrole nitrogens is 1. The van der Waals surface area contributed by atoms with Crippen molar-refractivity contribution in [3.63, 3.8) is 0 Å². The topological polar surface area (TPSA) is 74.0 Å².